The maximum absolute atomic E-state index is 11.8. The Hall–Kier alpha value is -1.95. The van der Waals surface area contributed by atoms with Crippen LogP contribution in [0.4, 0.5) is 5.69 Å². The Labute approximate surface area is 117 Å². The molecule has 108 valence electrons. The molecule has 1 aromatic carbocycles. The van der Waals surface area contributed by atoms with Crippen molar-refractivity contribution in [3.05, 3.63) is 39.9 Å². The van der Waals surface area contributed by atoms with E-state index in [2.05, 4.69) is 5.32 Å². The zero-order chi connectivity index (χ0) is 14.7. The first kappa shape index (κ1) is 14.5. The van der Waals surface area contributed by atoms with E-state index in [1.165, 1.54) is 6.07 Å². The van der Waals surface area contributed by atoms with Gasteiger partial charge in [-0.05, 0) is 32.4 Å². The summed E-state index contributed by atoms with van der Waals surface area (Å²) in [7, 11) is 1.84. The number of nitro benzene ring substituents is 1. The Morgan fingerprint density at radius 2 is 2.25 bits per heavy atom. The predicted molar refractivity (Wildman–Crippen MR) is 75.3 cm³/mol. The van der Waals surface area contributed by atoms with Crippen LogP contribution in [0, 0.1) is 10.1 Å². The van der Waals surface area contributed by atoms with Crippen LogP contribution in [-0.2, 0) is 4.79 Å². The Morgan fingerprint density at radius 3 is 2.85 bits per heavy atom. The molecule has 0 radical (unpaired) electrons. The predicted octanol–water partition coefficient (Wildman–Crippen LogP) is 1.87. The van der Waals surface area contributed by atoms with Gasteiger partial charge in [0.1, 0.15) is 0 Å². The summed E-state index contributed by atoms with van der Waals surface area (Å²) >= 11 is 0. The second-order valence-corrected chi connectivity index (χ2v) is 5.28. The summed E-state index contributed by atoms with van der Waals surface area (Å²) in [6, 6.07) is 6.83. The van der Waals surface area contributed by atoms with Gasteiger partial charge in [0.25, 0.3) is 5.69 Å². The normalized spacial score (nSPS) is 15.9. The minimum atomic E-state index is -0.407. The summed E-state index contributed by atoms with van der Waals surface area (Å²) < 4.78 is 0. The van der Waals surface area contributed by atoms with Crippen molar-refractivity contribution in [3.8, 4) is 0 Å². The topological polar surface area (TPSA) is 75.5 Å². The molecule has 20 heavy (non-hydrogen) atoms. The first-order valence-corrected chi connectivity index (χ1v) is 6.71. The highest BCUT2D eigenvalue weighted by atomic mass is 16.6. The number of nitro groups is 1. The molecule has 0 unspecified atom stereocenters. The number of non-ortho nitro benzene ring substituents is 1. The molecule has 1 fully saturated rings. The lowest BCUT2D eigenvalue weighted by Crippen LogP contribution is -2.37. The minimum absolute atomic E-state index is 0.00674. The molecule has 1 aromatic rings. The van der Waals surface area contributed by atoms with Crippen LogP contribution in [0.3, 0.4) is 0 Å². The standard InChI is InChI=1S/C14H19N3O3/c1-10(11-4-3-5-13(8-11)17(19)20)16(2)9-14(18)15-12-6-7-12/h3-5,8,10,12H,6-7,9H2,1-2H3,(H,15,18)/t10-/m1/s1. The van der Waals surface area contributed by atoms with Crippen molar-refractivity contribution in [3.63, 3.8) is 0 Å². The highest BCUT2D eigenvalue weighted by Gasteiger charge is 2.24. The quantitative estimate of drug-likeness (QED) is 0.636. The van der Waals surface area contributed by atoms with E-state index in [0.717, 1.165) is 18.4 Å². The molecule has 6 heteroatoms. The van der Waals surface area contributed by atoms with Gasteiger partial charge in [-0.15, -0.1) is 0 Å². The summed E-state index contributed by atoms with van der Waals surface area (Å²) in [5, 5.41) is 13.7. The lowest BCUT2D eigenvalue weighted by atomic mass is 10.1. The van der Waals surface area contributed by atoms with Gasteiger partial charge in [0, 0.05) is 24.2 Å². The van der Waals surface area contributed by atoms with Crippen LogP contribution < -0.4 is 5.32 Å². The Morgan fingerprint density at radius 1 is 1.55 bits per heavy atom. The first-order chi connectivity index (χ1) is 9.47. The van der Waals surface area contributed by atoms with E-state index in [9.17, 15) is 14.9 Å². The van der Waals surface area contributed by atoms with Crippen LogP contribution >= 0.6 is 0 Å². The van der Waals surface area contributed by atoms with E-state index in [1.54, 1.807) is 12.1 Å². The molecule has 0 heterocycles. The summed E-state index contributed by atoms with van der Waals surface area (Å²) in [4.78, 5) is 24.0. The van der Waals surface area contributed by atoms with E-state index in [4.69, 9.17) is 0 Å². The molecule has 0 saturated heterocycles. The van der Waals surface area contributed by atoms with Crippen LogP contribution in [0.1, 0.15) is 31.4 Å². The van der Waals surface area contributed by atoms with Gasteiger partial charge in [-0.1, -0.05) is 12.1 Å². The van der Waals surface area contributed by atoms with E-state index in [1.807, 2.05) is 24.9 Å². The molecule has 6 nitrogen and oxygen atoms in total. The number of benzene rings is 1. The zero-order valence-electron chi connectivity index (χ0n) is 11.7. The lowest BCUT2D eigenvalue weighted by Gasteiger charge is -2.24. The maximum Gasteiger partial charge on any atom is 0.269 e. The van der Waals surface area contributed by atoms with E-state index in [0.29, 0.717) is 12.6 Å². The van der Waals surface area contributed by atoms with Crippen LogP contribution in [-0.4, -0.2) is 35.4 Å². The zero-order valence-corrected chi connectivity index (χ0v) is 11.7. The molecule has 2 rings (SSSR count). The van der Waals surface area contributed by atoms with Crippen LogP contribution in [0.2, 0.25) is 0 Å². The number of carbonyl (C=O) groups excluding carboxylic acids is 1. The third-order valence-corrected chi connectivity index (χ3v) is 3.56. The maximum atomic E-state index is 11.8. The van der Waals surface area contributed by atoms with Gasteiger partial charge in [-0.25, -0.2) is 0 Å². The van der Waals surface area contributed by atoms with Crippen LogP contribution in [0.25, 0.3) is 0 Å². The third kappa shape index (κ3) is 3.77. The van der Waals surface area contributed by atoms with Gasteiger partial charge in [-0.2, -0.15) is 0 Å². The number of rotatable bonds is 6. The number of nitrogens with one attached hydrogen (secondary N) is 1. The smallest absolute Gasteiger partial charge is 0.269 e. The van der Waals surface area contributed by atoms with Crippen molar-refractivity contribution in [2.45, 2.75) is 31.8 Å². The summed E-state index contributed by atoms with van der Waals surface area (Å²) in [5.41, 5.74) is 0.908. The van der Waals surface area contributed by atoms with E-state index < -0.39 is 4.92 Å². The van der Waals surface area contributed by atoms with Gasteiger partial charge in [0.2, 0.25) is 5.91 Å². The fraction of sp³-hybridized carbons (Fsp3) is 0.500. The van der Waals surface area contributed by atoms with E-state index >= 15 is 0 Å². The van der Waals surface area contributed by atoms with Gasteiger partial charge < -0.3 is 5.32 Å². The molecule has 0 bridgehead atoms. The fourth-order valence-corrected chi connectivity index (χ4v) is 2.02. The number of hydrogen-bond donors (Lipinski definition) is 1. The number of amides is 1. The minimum Gasteiger partial charge on any atom is -0.352 e. The molecule has 0 aromatic heterocycles. The van der Waals surface area contributed by atoms with Crippen molar-refractivity contribution in [2.24, 2.45) is 0 Å². The summed E-state index contributed by atoms with van der Waals surface area (Å²) in [5.74, 6) is 0.00674. The second-order valence-electron chi connectivity index (χ2n) is 5.28. The molecule has 0 aliphatic heterocycles. The first-order valence-electron chi connectivity index (χ1n) is 6.71. The van der Waals surface area contributed by atoms with Crippen molar-refractivity contribution < 1.29 is 9.72 Å². The van der Waals surface area contributed by atoms with Gasteiger partial charge in [0.15, 0.2) is 0 Å². The number of nitrogens with zero attached hydrogens (tertiary/aromatic N) is 2. The highest BCUT2D eigenvalue weighted by Crippen LogP contribution is 2.23. The molecule has 1 atom stereocenters. The molecule has 1 saturated carbocycles. The molecule has 1 N–H and O–H groups in total. The molecular weight excluding hydrogens is 258 g/mol. The highest BCUT2D eigenvalue weighted by molar-refractivity contribution is 5.78. The average molecular weight is 277 g/mol. The van der Waals surface area contributed by atoms with Gasteiger partial charge in [-0.3, -0.25) is 19.8 Å². The van der Waals surface area contributed by atoms with Crippen LogP contribution in [0.15, 0.2) is 24.3 Å². The lowest BCUT2D eigenvalue weighted by molar-refractivity contribution is -0.384. The third-order valence-electron chi connectivity index (χ3n) is 3.56. The fourth-order valence-electron chi connectivity index (χ4n) is 2.02. The SMILES string of the molecule is C[C@H](c1cccc([N+](=O)[O-])c1)N(C)CC(=O)NC1CC1. The number of carbonyl (C=O) groups is 1. The Kier molecular flexibility index (Phi) is 4.34. The molecule has 1 amide bonds. The number of hydrogen-bond acceptors (Lipinski definition) is 4. The van der Waals surface area contributed by atoms with Crippen molar-refractivity contribution >= 4 is 11.6 Å². The molecule has 1 aliphatic rings. The largest absolute Gasteiger partial charge is 0.352 e. The summed E-state index contributed by atoms with van der Waals surface area (Å²) in [6.07, 6.45) is 2.13. The van der Waals surface area contributed by atoms with E-state index in [-0.39, 0.29) is 17.6 Å². The Balaban J connectivity index is 1.97. The monoisotopic (exact) mass is 277 g/mol. The summed E-state index contributed by atoms with van der Waals surface area (Å²) in [6.45, 7) is 2.23. The number of likely N-dealkylation sites (N-methyl/N-ethyl adjacent to an activating group) is 1. The molecule has 0 spiro atoms. The second kappa shape index (κ2) is 6.00. The van der Waals surface area contributed by atoms with Gasteiger partial charge >= 0.3 is 0 Å². The van der Waals surface area contributed by atoms with Crippen molar-refractivity contribution in [1.82, 2.24) is 10.2 Å². The van der Waals surface area contributed by atoms with Crippen LogP contribution in [0.5, 0.6) is 0 Å². The molecule has 1 aliphatic carbocycles. The Bertz CT molecular complexity index is 514. The average Bonchev–Trinajstić information content (AvgIpc) is 3.21. The van der Waals surface area contributed by atoms with Crippen molar-refractivity contribution in [2.75, 3.05) is 13.6 Å². The van der Waals surface area contributed by atoms with Crippen molar-refractivity contribution in [1.29, 1.82) is 0 Å². The van der Waals surface area contributed by atoms with Gasteiger partial charge in [0.05, 0.1) is 11.5 Å². The molecular formula is C14H19N3O3.